The van der Waals surface area contributed by atoms with E-state index in [0.717, 1.165) is 18.6 Å². The van der Waals surface area contributed by atoms with Crippen LogP contribution in [0.2, 0.25) is 0 Å². The maximum atomic E-state index is 11.1. The Labute approximate surface area is 82.0 Å². The highest BCUT2D eigenvalue weighted by molar-refractivity contribution is 5.86. The fourth-order valence-corrected chi connectivity index (χ4v) is 1.54. The van der Waals surface area contributed by atoms with Crippen LogP contribution in [0.1, 0.15) is 29.2 Å². The molecule has 1 aromatic heterocycles. The van der Waals surface area contributed by atoms with Crippen LogP contribution < -0.4 is 5.73 Å². The van der Waals surface area contributed by atoms with Crippen LogP contribution in [0.5, 0.6) is 0 Å². The Balaban J connectivity index is 2.22. The number of furan rings is 1. The molecule has 0 saturated heterocycles. The van der Waals surface area contributed by atoms with Crippen LogP contribution >= 0.6 is 0 Å². The normalized spacial score (nSPS) is 17.9. The molecule has 1 aliphatic rings. The molecule has 0 spiro atoms. The van der Waals surface area contributed by atoms with Crippen LogP contribution in [0.4, 0.5) is 0 Å². The van der Waals surface area contributed by atoms with E-state index in [2.05, 4.69) is 4.74 Å². The Morgan fingerprint density at radius 3 is 2.86 bits per heavy atom. The van der Waals surface area contributed by atoms with E-state index in [0.29, 0.717) is 6.54 Å². The maximum absolute atomic E-state index is 11.1. The molecule has 1 fully saturated rings. The van der Waals surface area contributed by atoms with Gasteiger partial charge in [-0.3, -0.25) is 0 Å². The number of carbonyl (C=O) groups is 1. The van der Waals surface area contributed by atoms with Crippen LogP contribution in [0.25, 0.3) is 0 Å². The van der Waals surface area contributed by atoms with E-state index >= 15 is 0 Å². The molecule has 1 aliphatic carbocycles. The zero-order valence-electron chi connectivity index (χ0n) is 8.08. The largest absolute Gasteiger partial charge is 0.463 e. The number of rotatable bonds is 3. The first-order chi connectivity index (χ1) is 6.72. The zero-order chi connectivity index (χ0) is 10.2. The van der Waals surface area contributed by atoms with Crippen molar-refractivity contribution >= 4 is 5.97 Å². The molecule has 1 heterocycles. The van der Waals surface area contributed by atoms with Crippen LogP contribution in [-0.2, 0) is 10.2 Å². The molecular weight excluding hydrogens is 182 g/mol. The van der Waals surface area contributed by atoms with E-state index in [1.165, 1.54) is 7.11 Å². The number of esters is 1. The van der Waals surface area contributed by atoms with Gasteiger partial charge < -0.3 is 14.9 Å². The Hall–Kier alpha value is -1.29. The second-order valence-corrected chi connectivity index (χ2v) is 3.64. The lowest BCUT2D eigenvalue weighted by Gasteiger charge is -2.07. The Kier molecular flexibility index (Phi) is 2.07. The quantitative estimate of drug-likeness (QED) is 0.732. The van der Waals surface area contributed by atoms with Crippen molar-refractivity contribution in [3.8, 4) is 0 Å². The summed E-state index contributed by atoms with van der Waals surface area (Å²) >= 11 is 0. The van der Waals surface area contributed by atoms with Gasteiger partial charge in [0.25, 0.3) is 0 Å². The number of hydrogen-bond donors (Lipinski definition) is 1. The van der Waals surface area contributed by atoms with Crippen molar-refractivity contribution in [2.24, 2.45) is 5.73 Å². The highest BCUT2D eigenvalue weighted by Crippen LogP contribution is 2.47. The van der Waals surface area contributed by atoms with Gasteiger partial charge in [-0.1, -0.05) is 0 Å². The van der Waals surface area contributed by atoms with Gasteiger partial charge in [-0.05, 0) is 25.0 Å². The summed E-state index contributed by atoms with van der Waals surface area (Å²) in [5.41, 5.74) is 5.63. The monoisotopic (exact) mass is 195 g/mol. The minimum absolute atomic E-state index is 0.00767. The van der Waals surface area contributed by atoms with Crippen molar-refractivity contribution in [1.29, 1.82) is 0 Å². The number of methoxy groups -OCH3 is 1. The number of carbonyl (C=O) groups excluding carboxylic acids is 1. The summed E-state index contributed by atoms with van der Waals surface area (Å²) in [7, 11) is 1.33. The minimum atomic E-state index is -0.441. The molecule has 0 aromatic carbocycles. The Morgan fingerprint density at radius 1 is 1.64 bits per heavy atom. The third-order valence-electron chi connectivity index (χ3n) is 2.76. The predicted octanol–water partition coefficient (Wildman–Crippen LogP) is 1.06. The van der Waals surface area contributed by atoms with Gasteiger partial charge >= 0.3 is 5.97 Å². The third-order valence-corrected chi connectivity index (χ3v) is 2.76. The van der Waals surface area contributed by atoms with Gasteiger partial charge in [0.2, 0.25) is 5.76 Å². The lowest BCUT2D eigenvalue weighted by Crippen LogP contribution is -2.18. The first-order valence-corrected chi connectivity index (χ1v) is 4.60. The fourth-order valence-electron chi connectivity index (χ4n) is 1.54. The van der Waals surface area contributed by atoms with Crippen molar-refractivity contribution in [2.75, 3.05) is 13.7 Å². The van der Waals surface area contributed by atoms with Crippen LogP contribution in [0.3, 0.4) is 0 Å². The van der Waals surface area contributed by atoms with Crippen molar-refractivity contribution < 1.29 is 13.9 Å². The average Bonchev–Trinajstić information content (AvgIpc) is 2.87. The first kappa shape index (κ1) is 9.27. The lowest BCUT2D eigenvalue weighted by atomic mass is 10.1. The molecule has 0 unspecified atom stereocenters. The van der Waals surface area contributed by atoms with E-state index in [9.17, 15) is 4.79 Å². The average molecular weight is 195 g/mol. The zero-order valence-corrected chi connectivity index (χ0v) is 8.08. The predicted molar refractivity (Wildman–Crippen MR) is 50.0 cm³/mol. The van der Waals surface area contributed by atoms with E-state index in [-0.39, 0.29) is 11.2 Å². The molecule has 0 atom stereocenters. The van der Waals surface area contributed by atoms with Gasteiger partial charge in [-0.2, -0.15) is 0 Å². The molecule has 2 rings (SSSR count). The first-order valence-electron chi connectivity index (χ1n) is 4.60. The molecule has 0 amide bonds. The SMILES string of the molecule is COC(=O)c1ccc(C2(CN)CC2)o1. The summed E-state index contributed by atoms with van der Waals surface area (Å²) in [6, 6.07) is 3.45. The summed E-state index contributed by atoms with van der Waals surface area (Å²) in [6.07, 6.45) is 2.08. The smallest absolute Gasteiger partial charge is 0.373 e. The molecule has 4 heteroatoms. The topological polar surface area (TPSA) is 65.5 Å². The van der Waals surface area contributed by atoms with Gasteiger partial charge in [-0.15, -0.1) is 0 Å². The molecule has 0 radical (unpaired) electrons. The molecule has 1 saturated carbocycles. The second kappa shape index (κ2) is 3.13. The lowest BCUT2D eigenvalue weighted by molar-refractivity contribution is 0.0562. The van der Waals surface area contributed by atoms with Crippen molar-refractivity contribution in [3.05, 3.63) is 23.7 Å². The summed E-state index contributed by atoms with van der Waals surface area (Å²) in [5, 5.41) is 0. The second-order valence-electron chi connectivity index (χ2n) is 3.64. The molecule has 2 N–H and O–H groups in total. The summed E-state index contributed by atoms with van der Waals surface area (Å²) < 4.78 is 9.95. The van der Waals surface area contributed by atoms with Crippen LogP contribution in [0, 0.1) is 0 Å². The summed E-state index contributed by atoms with van der Waals surface area (Å²) in [6.45, 7) is 0.571. The van der Waals surface area contributed by atoms with Gasteiger partial charge in [-0.25, -0.2) is 4.79 Å². The van der Waals surface area contributed by atoms with Crippen LogP contribution in [0.15, 0.2) is 16.5 Å². The third kappa shape index (κ3) is 1.32. The standard InChI is InChI=1S/C10H13NO3/c1-13-9(12)7-2-3-8(14-7)10(6-11)4-5-10/h2-3H,4-6,11H2,1H3. The van der Waals surface area contributed by atoms with E-state index in [1.807, 2.05) is 6.07 Å². The molecule has 0 bridgehead atoms. The van der Waals surface area contributed by atoms with Crippen LogP contribution in [-0.4, -0.2) is 19.6 Å². The highest BCUT2D eigenvalue weighted by atomic mass is 16.5. The summed E-state index contributed by atoms with van der Waals surface area (Å²) in [4.78, 5) is 11.1. The van der Waals surface area contributed by atoms with Gasteiger partial charge in [0.1, 0.15) is 5.76 Å². The molecular formula is C10H13NO3. The van der Waals surface area contributed by atoms with Crippen molar-refractivity contribution in [2.45, 2.75) is 18.3 Å². The van der Waals surface area contributed by atoms with E-state index in [1.54, 1.807) is 6.07 Å². The molecule has 1 aromatic rings. The van der Waals surface area contributed by atoms with E-state index < -0.39 is 5.97 Å². The molecule has 76 valence electrons. The number of hydrogen-bond acceptors (Lipinski definition) is 4. The van der Waals surface area contributed by atoms with Gasteiger partial charge in [0.05, 0.1) is 7.11 Å². The van der Waals surface area contributed by atoms with Gasteiger partial charge in [0.15, 0.2) is 0 Å². The Morgan fingerprint density at radius 2 is 2.36 bits per heavy atom. The van der Waals surface area contributed by atoms with Gasteiger partial charge in [0, 0.05) is 12.0 Å². The molecule has 4 nitrogen and oxygen atoms in total. The number of ether oxygens (including phenoxy) is 1. The van der Waals surface area contributed by atoms with E-state index in [4.69, 9.17) is 10.2 Å². The maximum Gasteiger partial charge on any atom is 0.373 e. The minimum Gasteiger partial charge on any atom is -0.463 e. The van der Waals surface area contributed by atoms with Crippen molar-refractivity contribution in [3.63, 3.8) is 0 Å². The molecule has 0 aliphatic heterocycles. The number of nitrogens with two attached hydrogens (primary N) is 1. The Bertz CT molecular complexity index is 352. The highest BCUT2D eigenvalue weighted by Gasteiger charge is 2.46. The summed E-state index contributed by atoms with van der Waals surface area (Å²) in [5.74, 6) is 0.617. The molecule has 14 heavy (non-hydrogen) atoms. The van der Waals surface area contributed by atoms with Crippen molar-refractivity contribution in [1.82, 2.24) is 0 Å². The fraction of sp³-hybridized carbons (Fsp3) is 0.500.